The topological polar surface area (TPSA) is 86.0 Å². The van der Waals surface area contributed by atoms with Crippen LogP contribution in [0.15, 0.2) is 39.9 Å². The second-order valence-corrected chi connectivity index (χ2v) is 6.38. The molecule has 1 aromatic carbocycles. The van der Waals surface area contributed by atoms with Gasteiger partial charge in [0.15, 0.2) is 0 Å². The van der Waals surface area contributed by atoms with Crippen LogP contribution in [0.2, 0.25) is 0 Å². The van der Waals surface area contributed by atoms with Gasteiger partial charge < -0.3 is 5.32 Å². The molecule has 0 aliphatic heterocycles. The lowest BCUT2D eigenvalue weighted by Gasteiger charge is -2.12. The van der Waals surface area contributed by atoms with Crippen LogP contribution >= 0.6 is 0 Å². The number of aryl methyl sites for hydroxylation is 3. The van der Waals surface area contributed by atoms with E-state index in [1.54, 1.807) is 13.0 Å². The SMILES string of the molecule is Cc1ccc(CNC(=O)c2cc(C)nc3c2c(=O)n(C)c(=O)n3C)cc1. The zero-order valence-electron chi connectivity index (χ0n) is 15.2. The summed E-state index contributed by atoms with van der Waals surface area (Å²) in [5.41, 5.74) is 2.07. The number of fused-ring (bicyclic) bond motifs is 1. The Balaban J connectivity index is 2.06. The number of nitrogens with one attached hydrogen (secondary N) is 1. The van der Waals surface area contributed by atoms with Crippen molar-refractivity contribution < 1.29 is 4.79 Å². The number of hydrogen-bond donors (Lipinski definition) is 1. The van der Waals surface area contributed by atoms with E-state index in [2.05, 4.69) is 10.3 Å². The molecule has 2 heterocycles. The van der Waals surface area contributed by atoms with Crippen LogP contribution in [-0.4, -0.2) is 20.0 Å². The number of pyridine rings is 1. The molecule has 3 rings (SSSR count). The van der Waals surface area contributed by atoms with Gasteiger partial charge in [-0.15, -0.1) is 0 Å². The molecule has 0 aliphatic carbocycles. The molecule has 26 heavy (non-hydrogen) atoms. The summed E-state index contributed by atoms with van der Waals surface area (Å²) >= 11 is 0. The summed E-state index contributed by atoms with van der Waals surface area (Å²) in [5.74, 6) is -0.378. The van der Waals surface area contributed by atoms with Crippen LogP contribution < -0.4 is 16.6 Å². The number of benzene rings is 1. The average Bonchev–Trinajstić information content (AvgIpc) is 2.63. The number of hydrogen-bond acceptors (Lipinski definition) is 4. The Morgan fingerprint density at radius 2 is 1.73 bits per heavy atom. The van der Waals surface area contributed by atoms with Gasteiger partial charge in [-0.25, -0.2) is 9.78 Å². The summed E-state index contributed by atoms with van der Waals surface area (Å²) in [6.07, 6.45) is 0. The standard InChI is InChI=1S/C19H20N4O3/c1-11-5-7-13(8-6-11)10-20-17(24)14-9-12(2)21-16-15(14)18(25)23(4)19(26)22(16)3/h5-9H,10H2,1-4H3,(H,20,24). The highest BCUT2D eigenvalue weighted by molar-refractivity contribution is 6.05. The maximum absolute atomic E-state index is 12.7. The molecule has 3 aromatic rings. The molecular weight excluding hydrogens is 332 g/mol. The van der Waals surface area contributed by atoms with Crippen molar-refractivity contribution in [3.63, 3.8) is 0 Å². The van der Waals surface area contributed by atoms with E-state index in [1.807, 2.05) is 31.2 Å². The van der Waals surface area contributed by atoms with Crippen LogP contribution in [0.1, 0.15) is 27.2 Å². The van der Waals surface area contributed by atoms with E-state index in [4.69, 9.17) is 0 Å². The van der Waals surface area contributed by atoms with Crippen LogP contribution in [0.3, 0.4) is 0 Å². The van der Waals surface area contributed by atoms with Crippen LogP contribution in [0.5, 0.6) is 0 Å². The molecule has 0 bridgehead atoms. The van der Waals surface area contributed by atoms with Gasteiger partial charge in [0.05, 0.1) is 10.9 Å². The van der Waals surface area contributed by atoms with Gasteiger partial charge in [-0.2, -0.15) is 0 Å². The Morgan fingerprint density at radius 3 is 2.38 bits per heavy atom. The molecule has 0 aliphatic rings. The fourth-order valence-corrected chi connectivity index (χ4v) is 2.84. The number of carbonyl (C=O) groups excluding carboxylic acids is 1. The summed E-state index contributed by atoms with van der Waals surface area (Å²) in [4.78, 5) is 41.7. The zero-order chi connectivity index (χ0) is 19.0. The molecule has 7 nitrogen and oxygen atoms in total. The van der Waals surface area contributed by atoms with E-state index in [0.29, 0.717) is 12.2 Å². The third-order valence-corrected chi connectivity index (χ3v) is 4.36. The molecule has 0 saturated heterocycles. The number of amides is 1. The maximum atomic E-state index is 12.7. The fourth-order valence-electron chi connectivity index (χ4n) is 2.84. The van der Waals surface area contributed by atoms with Gasteiger partial charge in [-0.1, -0.05) is 29.8 Å². The van der Waals surface area contributed by atoms with Crippen molar-refractivity contribution in [2.24, 2.45) is 14.1 Å². The monoisotopic (exact) mass is 352 g/mol. The van der Waals surface area contributed by atoms with Crippen molar-refractivity contribution >= 4 is 16.9 Å². The Hall–Kier alpha value is -3.22. The molecule has 1 amide bonds. The van der Waals surface area contributed by atoms with Crippen molar-refractivity contribution in [3.05, 3.63) is 73.6 Å². The quantitative estimate of drug-likeness (QED) is 0.767. The summed E-state index contributed by atoms with van der Waals surface area (Å²) in [6.45, 7) is 4.06. The lowest BCUT2D eigenvalue weighted by Crippen LogP contribution is -2.38. The first-order valence-electron chi connectivity index (χ1n) is 8.20. The normalized spacial score (nSPS) is 10.9. The van der Waals surface area contributed by atoms with E-state index in [0.717, 1.165) is 15.7 Å². The van der Waals surface area contributed by atoms with Crippen LogP contribution in [0.25, 0.3) is 11.0 Å². The first-order valence-corrected chi connectivity index (χ1v) is 8.20. The van der Waals surface area contributed by atoms with Crippen LogP contribution in [-0.2, 0) is 20.6 Å². The number of nitrogens with zero attached hydrogens (tertiary/aromatic N) is 3. The number of rotatable bonds is 3. The Labute approximate surface area is 149 Å². The maximum Gasteiger partial charge on any atom is 0.332 e. The third-order valence-electron chi connectivity index (χ3n) is 4.36. The molecule has 0 saturated carbocycles. The summed E-state index contributed by atoms with van der Waals surface area (Å²) in [5, 5.41) is 2.97. The van der Waals surface area contributed by atoms with E-state index in [-0.39, 0.29) is 22.5 Å². The van der Waals surface area contributed by atoms with Gasteiger partial charge in [-0.3, -0.25) is 18.7 Å². The van der Waals surface area contributed by atoms with Crippen molar-refractivity contribution in [2.75, 3.05) is 0 Å². The Morgan fingerprint density at radius 1 is 1.08 bits per heavy atom. The van der Waals surface area contributed by atoms with Crippen molar-refractivity contribution in [3.8, 4) is 0 Å². The van der Waals surface area contributed by atoms with Gasteiger partial charge >= 0.3 is 5.69 Å². The first kappa shape index (κ1) is 17.6. The lowest BCUT2D eigenvalue weighted by atomic mass is 10.1. The molecule has 2 aromatic heterocycles. The zero-order valence-corrected chi connectivity index (χ0v) is 15.2. The highest BCUT2D eigenvalue weighted by Crippen LogP contribution is 2.14. The largest absolute Gasteiger partial charge is 0.348 e. The first-order chi connectivity index (χ1) is 12.3. The summed E-state index contributed by atoms with van der Waals surface area (Å²) < 4.78 is 2.26. The van der Waals surface area contributed by atoms with Gasteiger partial charge in [0.2, 0.25) is 0 Å². The van der Waals surface area contributed by atoms with Gasteiger partial charge in [0.25, 0.3) is 11.5 Å². The van der Waals surface area contributed by atoms with Crippen molar-refractivity contribution in [1.82, 2.24) is 19.4 Å². The molecule has 0 atom stereocenters. The predicted molar refractivity (Wildman–Crippen MR) is 99.3 cm³/mol. The third kappa shape index (κ3) is 3.03. The second-order valence-electron chi connectivity index (χ2n) is 6.38. The van der Waals surface area contributed by atoms with E-state index < -0.39 is 11.2 Å². The molecular formula is C19H20N4O3. The van der Waals surface area contributed by atoms with Gasteiger partial charge in [0, 0.05) is 26.3 Å². The molecule has 0 radical (unpaired) electrons. The molecule has 1 N–H and O–H groups in total. The van der Waals surface area contributed by atoms with E-state index in [9.17, 15) is 14.4 Å². The summed E-state index contributed by atoms with van der Waals surface area (Å²) in [6, 6.07) is 9.39. The molecule has 7 heteroatoms. The minimum atomic E-state index is -0.531. The van der Waals surface area contributed by atoms with Gasteiger partial charge in [0.1, 0.15) is 5.65 Å². The minimum Gasteiger partial charge on any atom is -0.348 e. The highest BCUT2D eigenvalue weighted by Gasteiger charge is 2.19. The lowest BCUT2D eigenvalue weighted by molar-refractivity contribution is 0.0952. The predicted octanol–water partition coefficient (Wildman–Crippen LogP) is 1.18. The second kappa shape index (κ2) is 6.59. The summed E-state index contributed by atoms with van der Waals surface area (Å²) in [7, 11) is 2.92. The van der Waals surface area contributed by atoms with Crippen molar-refractivity contribution in [2.45, 2.75) is 20.4 Å². The van der Waals surface area contributed by atoms with E-state index in [1.165, 1.54) is 18.7 Å². The number of carbonyl (C=O) groups is 1. The average molecular weight is 352 g/mol. The molecule has 0 spiro atoms. The smallest absolute Gasteiger partial charge is 0.332 e. The molecule has 0 unspecified atom stereocenters. The van der Waals surface area contributed by atoms with Crippen molar-refractivity contribution in [1.29, 1.82) is 0 Å². The molecule has 0 fully saturated rings. The molecule has 134 valence electrons. The van der Waals surface area contributed by atoms with Gasteiger partial charge in [-0.05, 0) is 25.5 Å². The van der Waals surface area contributed by atoms with Crippen LogP contribution in [0.4, 0.5) is 0 Å². The van der Waals surface area contributed by atoms with E-state index >= 15 is 0 Å². The van der Waals surface area contributed by atoms with Crippen LogP contribution in [0, 0.1) is 13.8 Å². The highest BCUT2D eigenvalue weighted by atomic mass is 16.2. The Bertz CT molecular complexity index is 1120. The number of aromatic nitrogens is 3. The minimum absolute atomic E-state index is 0.140. The fraction of sp³-hybridized carbons (Fsp3) is 0.263. The Kier molecular flexibility index (Phi) is 4.46.